The van der Waals surface area contributed by atoms with Gasteiger partial charge in [-0.25, -0.2) is 14.6 Å². The zero-order valence-corrected chi connectivity index (χ0v) is 25.1. The molecule has 222 valence electrons. The van der Waals surface area contributed by atoms with Crippen LogP contribution in [0, 0.1) is 0 Å². The summed E-state index contributed by atoms with van der Waals surface area (Å²) in [7, 11) is 0. The maximum absolute atomic E-state index is 13.4. The number of amides is 2. The lowest BCUT2D eigenvalue weighted by Gasteiger charge is -2.36. The zero-order chi connectivity index (χ0) is 30.5. The van der Waals surface area contributed by atoms with Crippen LogP contribution in [0.4, 0.5) is 21.1 Å². The second-order valence-corrected chi connectivity index (χ2v) is 12.2. The summed E-state index contributed by atoms with van der Waals surface area (Å²) < 4.78 is 10.9. The van der Waals surface area contributed by atoms with Crippen molar-refractivity contribution in [3.63, 3.8) is 0 Å². The highest BCUT2D eigenvalue weighted by Gasteiger charge is 2.26. The molecule has 0 spiro atoms. The molecule has 1 aliphatic heterocycles. The van der Waals surface area contributed by atoms with Gasteiger partial charge in [0.2, 0.25) is 0 Å². The second kappa shape index (κ2) is 12.6. The van der Waals surface area contributed by atoms with Crippen LogP contribution in [0.15, 0.2) is 60.9 Å². The Morgan fingerprint density at radius 1 is 0.857 bits per heavy atom. The monoisotopic (exact) mass is 573 g/mol. The van der Waals surface area contributed by atoms with Crippen LogP contribution in [0.1, 0.15) is 57.5 Å². The third kappa shape index (κ3) is 8.52. The standard InChI is InChI=1S/C32H39N5O5/c1-31(2,3)41-29(39)35-26-12-10-22(25-9-7-8-14-33-25)19-24(26)20-27(38)23-11-13-28(34-21-23)36-15-17-37(18-16-36)30(40)42-32(4,5)6/h7-14,19,21H,15-18,20H2,1-6H3,(H,35,39). The second-order valence-electron chi connectivity index (χ2n) is 12.2. The molecule has 10 heteroatoms. The summed E-state index contributed by atoms with van der Waals surface area (Å²) in [5.41, 5.74) is 1.97. The minimum absolute atomic E-state index is 0.0430. The van der Waals surface area contributed by atoms with E-state index in [9.17, 15) is 14.4 Å². The van der Waals surface area contributed by atoms with E-state index in [1.807, 2.05) is 57.2 Å². The fraction of sp³-hybridized carbons (Fsp3) is 0.406. The molecule has 0 saturated carbocycles. The molecule has 0 unspecified atom stereocenters. The number of hydrogen-bond donors (Lipinski definition) is 1. The van der Waals surface area contributed by atoms with Crippen molar-refractivity contribution in [2.75, 3.05) is 36.4 Å². The SMILES string of the molecule is CC(C)(C)OC(=O)Nc1ccc(-c2ccccn2)cc1CC(=O)c1ccc(N2CCN(C(=O)OC(C)(C)C)CC2)nc1. The van der Waals surface area contributed by atoms with Gasteiger partial charge in [-0.05, 0) is 83.5 Å². The molecule has 1 fully saturated rings. The van der Waals surface area contributed by atoms with Crippen molar-refractivity contribution in [2.24, 2.45) is 0 Å². The van der Waals surface area contributed by atoms with E-state index in [4.69, 9.17) is 9.47 Å². The number of pyridine rings is 2. The van der Waals surface area contributed by atoms with Crippen LogP contribution in [-0.4, -0.2) is 70.2 Å². The number of piperazine rings is 1. The first-order valence-corrected chi connectivity index (χ1v) is 14.0. The molecule has 4 rings (SSSR count). The number of Topliss-reactive ketones (excluding diaryl/α,β-unsaturated/α-hetero) is 1. The number of carbonyl (C=O) groups is 3. The first-order chi connectivity index (χ1) is 19.8. The summed E-state index contributed by atoms with van der Waals surface area (Å²) in [6.45, 7) is 13.2. The average molecular weight is 574 g/mol. The first kappa shape index (κ1) is 30.5. The third-order valence-corrected chi connectivity index (χ3v) is 6.38. The van der Waals surface area contributed by atoms with Crippen molar-refractivity contribution in [1.29, 1.82) is 0 Å². The van der Waals surface area contributed by atoms with Crippen molar-refractivity contribution in [2.45, 2.75) is 59.2 Å². The average Bonchev–Trinajstić information content (AvgIpc) is 2.92. The Labute approximate surface area is 247 Å². The quantitative estimate of drug-likeness (QED) is 0.359. The number of benzene rings is 1. The summed E-state index contributed by atoms with van der Waals surface area (Å²) >= 11 is 0. The van der Waals surface area contributed by atoms with Gasteiger partial charge in [-0.1, -0.05) is 12.1 Å². The molecule has 3 heterocycles. The predicted molar refractivity (Wildman–Crippen MR) is 162 cm³/mol. The molecule has 3 aromatic rings. The highest BCUT2D eigenvalue weighted by atomic mass is 16.6. The first-order valence-electron chi connectivity index (χ1n) is 14.0. The molecular formula is C32H39N5O5. The van der Waals surface area contributed by atoms with Gasteiger partial charge in [0, 0.05) is 61.8 Å². The maximum atomic E-state index is 13.4. The van der Waals surface area contributed by atoms with Crippen molar-refractivity contribution in [3.05, 3.63) is 72.1 Å². The lowest BCUT2D eigenvalue weighted by Crippen LogP contribution is -2.50. The summed E-state index contributed by atoms with van der Waals surface area (Å²) in [6, 6.07) is 14.7. The summed E-state index contributed by atoms with van der Waals surface area (Å²) in [5, 5.41) is 2.79. The van der Waals surface area contributed by atoms with E-state index in [1.54, 1.807) is 50.2 Å². The van der Waals surface area contributed by atoms with E-state index in [0.717, 1.165) is 17.1 Å². The van der Waals surface area contributed by atoms with E-state index in [2.05, 4.69) is 20.2 Å². The van der Waals surface area contributed by atoms with Crippen LogP contribution in [-0.2, 0) is 15.9 Å². The number of nitrogens with one attached hydrogen (secondary N) is 1. The van der Waals surface area contributed by atoms with E-state index in [-0.39, 0.29) is 18.3 Å². The lowest BCUT2D eigenvalue weighted by atomic mass is 9.99. The topological polar surface area (TPSA) is 114 Å². The van der Waals surface area contributed by atoms with Crippen molar-refractivity contribution in [1.82, 2.24) is 14.9 Å². The molecule has 1 aliphatic rings. The smallest absolute Gasteiger partial charge is 0.412 e. The highest BCUT2D eigenvalue weighted by molar-refractivity contribution is 5.99. The van der Waals surface area contributed by atoms with Gasteiger partial charge in [0.05, 0.1) is 5.69 Å². The van der Waals surface area contributed by atoms with Crippen molar-refractivity contribution in [3.8, 4) is 11.3 Å². The minimum Gasteiger partial charge on any atom is -0.444 e. The molecule has 0 atom stereocenters. The Kier molecular flexibility index (Phi) is 9.14. The fourth-order valence-electron chi connectivity index (χ4n) is 4.43. The normalized spacial score (nSPS) is 13.9. The number of nitrogens with zero attached hydrogens (tertiary/aromatic N) is 4. The minimum atomic E-state index is -0.663. The predicted octanol–water partition coefficient (Wildman–Crippen LogP) is 5.97. The van der Waals surface area contributed by atoms with E-state index in [1.165, 1.54) is 0 Å². The molecule has 42 heavy (non-hydrogen) atoms. The fourth-order valence-corrected chi connectivity index (χ4v) is 4.43. The van der Waals surface area contributed by atoms with Crippen molar-refractivity contribution >= 4 is 29.5 Å². The summed E-state index contributed by atoms with van der Waals surface area (Å²) in [6.07, 6.45) is 2.41. The number of rotatable bonds is 6. The molecule has 1 saturated heterocycles. The van der Waals surface area contributed by atoms with E-state index < -0.39 is 17.3 Å². The molecule has 0 radical (unpaired) electrons. The van der Waals surface area contributed by atoms with E-state index in [0.29, 0.717) is 43.0 Å². The third-order valence-electron chi connectivity index (χ3n) is 6.38. The Balaban J connectivity index is 1.46. The van der Waals surface area contributed by atoms with Crippen LogP contribution in [0.5, 0.6) is 0 Å². The molecular weight excluding hydrogens is 534 g/mol. The molecule has 0 bridgehead atoms. The van der Waals surface area contributed by atoms with Crippen molar-refractivity contribution < 1.29 is 23.9 Å². The molecule has 0 aliphatic carbocycles. The Bertz CT molecular complexity index is 1400. The van der Waals surface area contributed by atoms with Gasteiger partial charge in [-0.2, -0.15) is 0 Å². The number of carbonyl (C=O) groups excluding carboxylic acids is 3. The molecule has 1 aromatic carbocycles. The van der Waals surface area contributed by atoms with Crippen LogP contribution < -0.4 is 10.2 Å². The van der Waals surface area contributed by atoms with Crippen LogP contribution in [0.25, 0.3) is 11.3 Å². The summed E-state index contributed by atoms with van der Waals surface area (Å²) in [5.74, 6) is 0.592. The number of aromatic nitrogens is 2. The van der Waals surface area contributed by atoms with Crippen LogP contribution in [0.2, 0.25) is 0 Å². The van der Waals surface area contributed by atoms with Gasteiger partial charge in [0.15, 0.2) is 5.78 Å². The molecule has 2 aromatic heterocycles. The van der Waals surface area contributed by atoms with Gasteiger partial charge < -0.3 is 19.3 Å². The van der Waals surface area contributed by atoms with Gasteiger partial charge in [0.25, 0.3) is 0 Å². The van der Waals surface area contributed by atoms with Gasteiger partial charge in [-0.15, -0.1) is 0 Å². The largest absolute Gasteiger partial charge is 0.444 e. The highest BCUT2D eigenvalue weighted by Crippen LogP contribution is 2.26. The zero-order valence-electron chi connectivity index (χ0n) is 25.1. The number of anilines is 2. The molecule has 2 amide bonds. The van der Waals surface area contributed by atoms with E-state index >= 15 is 0 Å². The Morgan fingerprint density at radius 3 is 2.17 bits per heavy atom. The van der Waals surface area contributed by atoms with Gasteiger partial charge in [-0.3, -0.25) is 15.1 Å². The van der Waals surface area contributed by atoms with Gasteiger partial charge in [0.1, 0.15) is 17.0 Å². The van der Waals surface area contributed by atoms with Gasteiger partial charge >= 0.3 is 12.2 Å². The molecule has 10 nitrogen and oxygen atoms in total. The number of hydrogen-bond acceptors (Lipinski definition) is 8. The Morgan fingerprint density at radius 2 is 1.57 bits per heavy atom. The van der Waals surface area contributed by atoms with Crippen LogP contribution in [0.3, 0.4) is 0 Å². The number of ether oxygens (including phenoxy) is 2. The summed E-state index contributed by atoms with van der Waals surface area (Å²) in [4.78, 5) is 51.0. The van der Waals surface area contributed by atoms with Crippen LogP contribution >= 0.6 is 0 Å². The Hall–Kier alpha value is -4.47. The molecule has 1 N–H and O–H groups in total. The lowest BCUT2D eigenvalue weighted by molar-refractivity contribution is 0.0240. The maximum Gasteiger partial charge on any atom is 0.412 e. The number of ketones is 1.